The van der Waals surface area contributed by atoms with E-state index in [4.69, 9.17) is 14.2 Å². The molecule has 6 heteroatoms. The molecule has 0 aliphatic carbocycles. The largest absolute Gasteiger partial charge is 0.462 e. The van der Waals surface area contributed by atoms with Crippen LogP contribution in [0.3, 0.4) is 0 Å². The highest BCUT2D eigenvalue weighted by atomic mass is 16.6. The second kappa shape index (κ2) is 60.4. The molecule has 0 spiro atoms. The van der Waals surface area contributed by atoms with E-state index in [9.17, 15) is 14.4 Å². The maximum atomic E-state index is 12.9. The van der Waals surface area contributed by atoms with E-state index in [0.29, 0.717) is 6.42 Å². The fourth-order valence-electron chi connectivity index (χ4n) is 7.96. The summed E-state index contributed by atoms with van der Waals surface area (Å²) in [4.78, 5) is 38.2. The van der Waals surface area contributed by atoms with E-state index in [1.54, 1.807) is 6.08 Å². The van der Waals surface area contributed by atoms with Gasteiger partial charge in [-0.3, -0.25) is 14.4 Å². The van der Waals surface area contributed by atoms with Gasteiger partial charge in [0.2, 0.25) is 0 Å². The number of rotatable bonds is 53. The van der Waals surface area contributed by atoms with Crippen molar-refractivity contribution in [2.75, 3.05) is 13.2 Å². The van der Waals surface area contributed by atoms with Crippen molar-refractivity contribution in [2.45, 2.75) is 271 Å². The van der Waals surface area contributed by atoms with Crippen molar-refractivity contribution in [3.05, 3.63) is 122 Å². The zero-order valence-electron chi connectivity index (χ0n) is 47.4. The van der Waals surface area contributed by atoms with Gasteiger partial charge in [-0.2, -0.15) is 0 Å². The number of carbonyl (C=O) groups is 3. The van der Waals surface area contributed by atoms with Gasteiger partial charge in [-0.1, -0.05) is 251 Å². The minimum absolute atomic E-state index is 0.118. The Morgan fingerprint density at radius 1 is 0.301 bits per heavy atom. The molecule has 0 aliphatic heterocycles. The molecule has 0 saturated heterocycles. The van der Waals surface area contributed by atoms with E-state index in [0.717, 1.165) is 103 Å². The van der Waals surface area contributed by atoms with Gasteiger partial charge in [0.25, 0.3) is 0 Å². The smallest absolute Gasteiger partial charge is 0.309 e. The lowest BCUT2D eigenvalue weighted by atomic mass is 10.1. The van der Waals surface area contributed by atoms with E-state index in [1.165, 1.54) is 122 Å². The predicted molar refractivity (Wildman–Crippen MR) is 316 cm³/mol. The van der Waals surface area contributed by atoms with Gasteiger partial charge in [-0.05, 0) is 116 Å². The zero-order valence-corrected chi connectivity index (χ0v) is 47.4. The fraction of sp³-hybridized carbons (Fsp3) is 0.657. The molecule has 0 aliphatic rings. The number of ether oxygens (including phenoxy) is 3. The number of esters is 3. The van der Waals surface area contributed by atoms with Gasteiger partial charge in [0, 0.05) is 12.8 Å². The second-order valence-electron chi connectivity index (χ2n) is 19.5. The molecule has 0 fully saturated rings. The minimum Gasteiger partial charge on any atom is -0.462 e. The molecule has 0 aromatic carbocycles. The number of carbonyl (C=O) groups excluding carboxylic acids is 3. The third-order valence-electron chi connectivity index (χ3n) is 12.5. The SMILES string of the molecule is CC/C=C\C/C=C\C/C=C\C/C=C\C/C=C\CC(=O)OCC(COC(=O)CCCCCCCCCCC/C=C\C/C=C\CCCCCCC)OC(=O)CCCCCCCC/C=C\C/C=C\C/C=C\CCCCC. The Labute approximate surface area is 450 Å². The van der Waals surface area contributed by atoms with Crippen LogP contribution in [0.25, 0.3) is 0 Å². The van der Waals surface area contributed by atoms with Gasteiger partial charge in [0.05, 0.1) is 6.42 Å². The second-order valence-corrected chi connectivity index (χ2v) is 19.5. The number of allylic oxidation sites excluding steroid dienone is 19. The van der Waals surface area contributed by atoms with E-state index >= 15 is 0 Å². The van der Waals surface area contributed by atoms with E-state index in [-0.39, 0.29) is 38.0 Å². The summed E-state index contributed by atoms with van der Waals surface area (Å²) < 4.78 is 16.8. The Kier molecular flexibility index (Phi) is 56.9. The molecular formula is C67H110O6. The molecule has 414 valence electrons. The fourth-order valence-corrected chi connectivity index (χ4v) is 7.96. The first-order valence-electron chi connectivity index (χ1n) is 30.0. The summed E-state index contributed by atoms with van der Waals surface area (Å²) >= 11 is 0. The average molecular weight is 1010 g/mol. The van der Waals surface area contributed by atoms with Crippen LogP contribution in [0.1, 0.15) is 265 Å². The van der Waals surface area contributed by atoms with Crippen LogP contribution in [-0.4, -0.2) is 37.2 Å². The summed E-state index contributed by atoms with van der Waals surface area (Å²) in [6.07, 6.45) is 83.6. The molecule has 0 N–H and O–H groups in total. The normalized spacial score (nSPS) is 13.0. The molecule has 0 heterocycles. The Bertz CT molecular complexity index is 1540. The first-order chi connectivity index (χ1) is 36.0. The summed E-state index contributed by atoms with van der Waals surface area (Å²) in [5.74, 6) is -1.07. The van der Waals surface area contributed by atoms with Gasteiger partial charge in [0.15, 0.2) is 6.10 Å². The molecule has 1 atom stereocenters. The lowest BCUT2D eigenvalue weighted by molar-refractivity contribution is -0.166. The summed E-state index contributed by atoms with van der Waals surface area (Å²) in [5, 5.41) is 0. The first kappa shape index (κ1) is 68.8. The first-order valence-corrected chi connectivity index (χ1v) is 30.0. The molecule has 0 saturated carbocycles. The van der Waals surface area contributed by atoms with Gasteiger partial charge >= 0.3 is 17.9 Å². The topological polar surface area (TPSA) is 78.9 Å². The highest BCUT2D eigenvalue weighted by Crippen LogP contribution is 2.14. The van der Waals surface area contributed by atoms with Gasteiger partial charge in [-0.25, -0.2) is 0 Å². The van der Waals surface area contributed by atoms with Crippen molar-refractivity contribution in [1.29, 1.82) is 0 Å². The van der Waals surface area contributed by atoms with Crippen LogP contribution < -0.4 is 0 Å². The summed E-state index contributed by atoms with van der Waals surface area (Å²) in [6.45, 7) is 6.39. The monoisotopic (exact) mass is 1010 g/mol. The standard InChI is InChI=1S/C67H110O6/c1-4-7-10-13-16-19-22-25-28-30-32-33-35-36-39-42-45-48-51-54-57-60-66(69)72-63-64(62-71-65(68)59-56-53-50-47-44-41-38-27-24-21-18-15-12-9-6-3)73-67(70)61-58-55-52-49-46-43-40-37-34-31-29-26-23-20-17-14-11-8-5-2/h9,12,17-18,20-22,25-27,29-30,32,34,37-38,44,47,53,56,64H,4-8,10-11,13-16,19,23-24,28,31,33,35-36,39-43,45-46,48-52,54-55,57-63H2,1-3H3/b12-9-,20-17-,21-18-,25-22-,29-26-,32-30-,37-34-,38-27-,47-44-,56-53-. The lowest BCUT2D eigenvalue weighted by Crippen LogP contribution is -2.30. The summed E-state index contributed by atoms with van der Waals surface area (Å²) in [7, 11) is 0. The molecule has 0 aromatic rings. The van der Waals surface area contributed by atoms with Crippen LogP contribution in [0.2, 0.25) is 0 Å². The van der Waals surface area contributed by atoms with Crippen LogP contribution >= 0.6 is 0 Å². The number of unbranched alkanes of at least 4 members (excludes halogenated alkanes) is 23. The molecule has 0 amide bonds. The Morgan fingerprint density at radius 3 is 0.986 bits per heavy atom. The highest BCUT2D eigenvalue weighted by Gasteiger charge is 2.19. The van der Waals surface area contributed by atoms with E-state index in [2.05, 4.69) is 130 Å². The third kappa shape index (κ3) is 58.6. The maximum Gasteiger partial charge on any atom is 0.309 e. The van der Waals surface area contributed by atoms with E-state index < -0.39 is 12.1 Å². The van der Waals surface area contributed by atoms with Crippen LogP contribution in [0.5, 0.6) is 0 Å². The molecule has 0 rings (SSSR count). The van der Waals surface area contributed by atoms with Crippen molar-refractivity contribution in [2.24, 2.45) is 0 Å². The number of hydrogen-bond acceptors (Lipinski definition) is 6. The van der Waals surface area contributed by atoms with Gasteiger partial charge in [0.1, 0.15) is 13.2 Å². The van der Waals surface area contributed by atoms with Gasteiger partial charge < -0.3 is 14.2 Å². The zero-order chi connectivity index (χ0) is 52.9. The molecule has 0 aromatic heterocycles. The van der Waals surface area contributed by atoms with Crippen LogP contribution in [-0.2, 0) is 28.6 Å². The van der Waals surface area contributed by atoms with Crippen LogP contribution in [0.4, 0.5) is 0 Å². The van der Waals surface area contributed by atoms with Crippen molar-refractivity contribution in [3.8, 4) is 0 Å². The van der Waals surface area contributed by atoms with Crippen LogP contribution in [0.15, 0.2) is 122 Å². The molecule has 0 bridgehead atoms. The van der Waals surface area contributed by atoms with Crippen LogP contribution in [0, 0.1) is 0 Å². The van der Waals surface area contributed by atoms with Crippen molar-refractivity contribution in [3.63, 3.8) is 0 Å². The third-order valence-corrected chi connectivity index (χ3v) is 12.5. The van der Waals surface area contributed by atoms with Crippen molar-refractivity contribution >= 4 is 17.9 Å². The Morgan fingerprint density at radius 2 is 0.589 bits per heavy atom. The lowest BCUT2D eigenvalue weighted by Gasteiger charge is -2.18. The maximum absolute atomic E-state index is 12.9. The molecule has 6 nitrogen and oxygen atoms in total. The minimum atomic E-state index is -0.831. The summed E-state index contributed by atoms with van der Waals surface area (Å²) in [6, 6.07) is 0. The highest BCUT2D eigenvalue weighted by molar-refractivity contribution is 5.72. The molecular weight excluding hydrogens is 901 g/mol. The average Bonchev–Trinajstić information content (AvgIpc) is 3.39. The molecule has 73 heavy (non-hydrogen) atoms. The number of hydrogen-bond donors (Lipinski definition) is 0. The predicted octanol–water partition coefficient (Wildman–Crippen LogP) is 20.4. The van der Waals surface area contributed by atoms with E-state index in [1.807, 2.05) is 6.08 Å². The van der Waals surface area contributed by atoms with Crippen molar-refractivity contribution in [1.82, 2.24) is 0 Å². The molecule has 0 radical (unpaired) electrons. The van der Waals surface area contributed by atoms with Crippen molar-refractivity contribution < 1.29 is 28.6 Å². The quantitative estimate of drug-likeness (QED) is 0.0261. The van der Waals surface area contributed by atoms with Gasteiger partial charge in [-0.15, -0.1) is 0 Å². The molecule has 1 unspecified atom stereocenters. The Hall–Kier alpha value is -4.19. The summed E-state index contributed by atoms with van der Waals surface area (Å²) in [5.41, 5.74) is 0. The Balaban J connectivity index is 4.50.